The van der Waals surface area contributed by atoms with E-state index in [1.54, 1.807) is 0 Å². The lowest BCUT2D eigenvalue weighted by Gasteiger charge is -2.13. The molecule has 9 nitrogen and oxygen atoms in total. The lowest BCUT2D eigenvalue weighted by atomic mass is 10.3. The van der Waals surface area contributed by atoms with E-state index < -0.39 is 49.6 Å². The molecule has 0 aromatic carbocycles. The van der Waals surface area contributed by atoms with Crippen LogP contribution in [-0.4, -0.2) is 64.9 Å². The fourth-order valence-corrected chi connectivity index (χ4v) is 0.812. The monoisotopic (exact) mass is 249 g/mol. The number of hydrogen-bond donors (Lipinski definition) is 6. The smallest absolute Gasteiger partial charge is 0.328 e. The van der Waals surface area contributed by atoms with Gasteiger partial charge in [-0.1, -0.05) is 0 Å². The standard InChI is InChI=1S/C8H15N3O6/c9-4(2-12)7(15)10-1-6(14)11-5(3-13)8(16)17/h4-5,12-13H,1-3,9H2,(H,10,15)(H,11,14)(H,16,17). The van der Waals surface area contributed by atoms with E-state index in [1.807, 2.05) is 5.32 Å². The minimum absolute atomic E-state index is 0.490. The first-order chi connectivity index (χ1) is 7.92. The van der Waals surface area contributed by atoms with Crippen LogP contribution < -0.4 is 16.4 Å². The SMILES string of the molecule is NC(CO)C(=O)NCC(=O)NC(CO)C(=O)O. The second-order valence-electron chi connectivity index (χ2n) is 3.15. The van der Waals surface area contributed by atoms with E-state index in [0.717, 1.165) is 0 Å². The normalized spacial score (nSPS) is 13.6. The maximum atomic E-state index is 11.1. The number of carbonyl (C=O) groups is 3. The van der Waals surface area contributed by atoms with Gasteiger partial charge >= 0.3 is 5.97 Å². The molecule has 0 aliphatic rings. The van der Waals surface area contributed by atoms with Crippen LogP contribution in [0.2, 0.25) is 0 Å². The second-order valence-corrected chi connectivity index (χ2v) is 3.15. The van der Waals surface area contributed by atoms with E-state index in [0.29, 0.717) is 0 Å². The highest BCUT2D eigenvalue weighted by molar-refractivity contribution is 5.89. The van der Waals surface area contributed by atoms with Crippen LogP contribution in [0.3, 0.4) is 0 Å². The molecule has 0 rings (SSSR count). The van der Waals surface area contributed by atoms with Crippen LogP contribution in [0.1, 0.15) is 0 Å². The largest absolute Gasteiger partial charge is 0.480 e. The third-order valence-electron chi connectivity index (χ3n) is 1.77. The van der Waals surface area contributed by atoms with E-state index in [-0.39, 0.29) is 0 Å². The number of carboxylic acids is 1. The number of aliphatic hydroxyl groups is 2. The number of nitrogens with one attached hydrogen (secondary N) is 2. The van der Waals surface area contributed by atoms with E-state index in [2.05, 4.69) is 5.32 Å². The van der Waals surface area contributed by atoms with Gasteiger partial charge in [0.1, 0.15) is 12.1 Å². The van der Waals surface area contributed by atoms with Gasteiger partial charge in [-0.3, -0.25) is 9.59 Å². The average molecular weight is 249 g/mol. The van der Waals surface area contributed by atoms with Gasteiger partial charge < -0.3 is 31.7 Å². The maximum Gasteiger partial charge on any atom is 0.328 e. The van der Waals surface area contributed by atoms with Crippen LogP contribution >= 0.6 is 0 Å². The molecule has 0 aliphatic carbocycles. The number of hydrogen-bond acceptors (Lipinski definition) is 6. The lowest BCUT2D eigenvalue weighted by molar-refractivity contribution is -0.142. The molecule has 0 saturated heterocycles. The van der Waals surface area contributed by atoms with Gasteiger partial charge in [0, 0.05) is 0 Å². The minimum Gasteiger partial charge on any atom is -0.480 e. The number of carbonyl (C=O) groups excluding carboxylic acids is 2. The Hall–Kier alpha value is -1.71. The van der Waals surface area contributed by atoms with Crippen LogP contribution in [-0.2, 0) is 14.4 Å². The number of aliphatic hydroxyl groups excluding tert-OH is 2. The molecule has 2 unspecified atom stereocenters. The molecule has 0 aliphatic heterocycles. The highest BCUT2D eigenvalue weighted by Gasteiger charge is 2.19. The van der Waals surface area contributed by atoms with Gasteiger partial charge in [-0.15, -0.1) is 0 Å². The first kappa shape index (κ1) is 15.3. The van der Waals surface area contributed by atoms with E-state index in [9.17, 15) is 14.4 Å². The predicted molar refractivity (Wildman–Crippen MR) is 54.7 cm³/mol. The summed E-state index contributed by atoms with van der Waals surface area (Å²) in [6.07, 6.45) is 0. The molecule has 2 atom stereocenters. The molecule has 98 valence electrons. The van der Waals surface area contributed by atoms with Crippen LogP contribution in [0.5, 0.6) is 0 Å². The van der Waals surface area contributed by atoms with Crippen molar-refractivity contribution in [3.8, 4) is 0 Å². The zero-order chi connectivity index (χ0) is 13.4. The fourth-order valence-electron chi connectivity index (χ4n) is 0.812. The highest BCUT2D eigenvalue weighted by atomic mass is 16.4. The Labute approximate surface area is 96.6 Å². The van der Waals surface area contributed by atoms with Crippen molar-refractivity contribution in [2.24, 2.45) is 5.73 Å². The van der Waals surface area contributed by atoms with Crippen LogP contribution in [0, 0.1) is 0 Å². The summed E-state index contributed by atoms with van der Waals surface area (Å²) in [6.45, 7) is -1.82. The Morgan fingerprint density at radius 2 is 1.76 bits per heavy atom. The van der Waals surface area contributed by atoms with Crippen LogP contribution in [0.25, 0.3) is 0 Å². The van der Waals surface area contributed by atoms with Crippen LogP contribution in [0.4, 0.5) is 0 Å². The second kappa shape index (κ2) is 7.54. The first-order valence-electron chi connectivity index (χ1n) is 4.69. The van der Waals surface area contributed by atoms with Crippen molar-refractivity contribution in [1.82, 2.24) is 10.6 Å². The predicted octanol–water partition coefficient (Wildman–Crippen LogP) is -4.02. The highest BCUT2D eigenvalue weighted by Crippen LogP contribution is 1.82. The Balaban J connectivity index is 4.03. The molecule has 0 radical (unpaired) electrons. The quantitative estimate of drug-likeness (QED) is 0.267. The Bertz CT molecular complexity index is 295. The Morgan fingerprint density at radius 3 is 2.18 bits per heavy atom. The van der Waals surface area contributed by atoms with Crippen molar-refractivity contribution in [3.63, 3.8) is 0 Å². The summed E-state index contributed by atoms with van der Waals surface area (Å²) in [5.74, 6) is -2.91. The van der Waals surface area contributed by atoms with Crippen molar-refractivity contribution in [3.05, 3.63) is 0 Å². The van der Waals surface area contributed by atoms with E-state index in [1.165, 1.54) is 0 Å². The molecule has 0 aromatic heterocycles. The van der Waals surface area contributed by atoms with Crippen molar-refractivity contribution >= 4 is 17.8 Å². The van der Waals surface area contributed by atoms with Crippen molar-refractivity contribution in [2.45, 2.75) is 12.1 Å². The number of nitrogens with two attached hydrogens (primary N) is 1. The third kappa shape index (κ3) is 5.80. The van der Waals surface area contributed by atoms with Gasteiger partial charge in [0.05, 0.1) is 19.8 Å². The Kier molecular flexibility index (Phi) is 6.79. The third-order valence-corrected chi connectivity index (χ3v) is 1.77. The van der Waals surface area contributed by atoms with Crippen LogP contribution in [0.15, 0.2) is 0 Å². The number of aliphatic carboxylic acids is 1. The molecule has 0 bridgehead atoms. The molecular formula is C8H15N3O6. The zero-order valence-corrected chi connectivity index (χ0v) is 8.92. The first-order valence-corrected chi connectivity index (χ1v) is 4.69. The molecule has 0 fully saturated rings. The zero-order valence-electron chi connectivity index (χ0n) is 8.92. The van der Waals surface area contributed by atoms with Crippen molar-refractivity contribution in [1.29, 1.82) is 0 Å². The van der Waals surface area contributed by atoms with Gasteiger partial charge in [-0.2, -0.15) is 0 Å². The molecular weight excluding hydrogens is 234 g/mol. The lowest BCUT2D eigenvalue weighted by Crippen LogP contribution is -2.50. The summed E-state index contributed by atoms with van der Waals surface area (Å²) < 4.78 is 0. The van der Waals surface area contributed by atoms with Gasteiger partial charge in [0.15, 0.2) is 0 Å². The molecule has 9 heteroatoms. The average Bonchev–Trinajstić information content (AvgIpc) is 2.31. The molecule has 0 heterocycles. The van der Waals surface area contributed by atoms with Gasteiger partial charge in [0.2, 0.25) is 11.8 Å². The molecule has 17 heavy (non-hydrogen) atoms. The topological polar surface area (TPSA) is 162 Å². The fraction of sp³-hybridized carbons (Fsp3) is 0.625. The van der Waals surface area contributed by atoms with E-state index in [4.69, 9.17) is 21.1 Å². The number of rotatable bonds is 7. The molecule has 0 spiro atoms. The van der Waals surface area contributed by atoms with Crippen molar-refractivity contribution in [2.75, 3.05) is 19.8 Å². The summed E-state index contributed by atoms with van der Waals surface area (Å²) in [7, 11) is 0. The minimum atomic E-state index is -1.43. The van der Waals surface area contributed by atoms with Gasteiger partial charge in [0.25, 0.3) is 0 Å². The summed E-state index contributed by atoms with van der Waals surface area (Å²) in [5.41, 5.74) is 5.15. The Morgan fingerprint density at radius 1 is 1.18 bits per heavy atom. The maximum absolute atomic E-state index is 11.1. The number of amides is 2. The summed E-state index contributed by atoms with van der Waals surface area (Å²) >= 11 is 0. The summed E-state index contributed by atoms with van der Waals surface area (Å²) in [6, 6.07) is -2.57. The molecule has 0 aromatic rings. The summed E-state index contributed by atoms with van der Waals surface area (Å²) in [5, 5.41) is 29.7. The van der Waals surface area contributed by atoms with Gasteiger partial charge in [-0.05, 0) is 0 Å². The number of carboxylic acid groups (broad SMARTS) is 1. The molecule has 2 amide bonds. The van der Waals surface area contributed by atoms with Gasteiger partial charge in [-0.25, -0.2) is 4.79 Å². The van der Waals surface area contributed by atoms with Crippen molar-refractivity contribution < 1.29 is 29.7 Å². The molecule has 0 saturated carbocycles. The van der Waals surface area contributed by atoms with E-state index >= 15 is 0 Å². The summed E-state index contributed by atoms with van der Waals surface area (Å²) in [4.78, 5) is 32.6. The molecule has 7 N–H and O–H groups in total.